The van der Waals surface area contributed by atoms with Crippen molar-refractivity contribution >= 4 is 33.2 Å². The van der Waals surface area contributed by atoms with Gasteiger partial charge < -0.3 is 5.32 Å². The number of nitro groups is 1. The van der Waals surface area contributed by atoms with Crippen molar-refractivity contribution in [3.63, 3.8) is 0 Å². The van der Waals surface area contributed by atoms with Crippen LogP contribution in [-0.4, -0.2) is 10.8 Å². The minimum Gasteiger partial charge on any atom is -0.321 e. The van der Waals surface area contributed by atoms with Crippen molar-refractivity contribution in [3.05, 3.63) is 67.7 Å². The lowest BCUT2D eigenvalue weighted by Gasteiger charge is -2.13. The number of non-ortho nitro benzene ring substituents is 1. The fourth-order valence-electron chi connectivity index (χ4n) is 2.19. The van der Waals surface area contributed by atoms with Crippen LogP contribution in [-0.2, 0) is 6.42 Å². The molecule has 1 amide bonds. The number of carbonyl (C=O) groups excluding carboxylic acids is 1. The highest BCUT2D eigenvalue weighted by Gasteiger charge is 2.16. The monoisotopic (exact) mass is 362 g/mol. The highest BCUT2D eigenvalue weighted by molar-refractivity contribution is 9.10. The van der Waals surface area contributed by atoms with Crippen LogP contribution in [0.1, 0.15) is 28.4 Å². The molecule has 2 aromatic carbocycles. The molecule has 0 heterocycles. The second-order valence-corrected chi connectivity index (χ2v) is 5.78. The summed E-state index contributed by atoms with van der Waals surface area (Å²) in [6.45, 7) is 3.65. The third-order valence-electron chi connectivity index (χ3n) is 3.34. The highest BCUT2D eigenvalue weighted by atomic mass is 79.9. The van der Waals surface area contributed by atoms with E-state index >= 15 is 0 Å². The molecule has 1 N–H and O–H groups in total. The fraction of sp³-hybridized carbons (Fsp3) is 0.188. The molecular weight excluding hydrogens is 348 g/mol. The molecule has 114 valence electrons. The summed E-state index contributed by atoms with van der Waals surface area (Å²) in [5.74, 6) is -0.237. The average Bonchev–Trinajstić information content (AvgIpc) is 2.49. The van der Waals surface area contributed by atoms with Crippen molar-refractivity contribution in [2.45, 2.75) is 20.3 Å². The molecule has 0 aliphatic rings. The third-order valence-corrected chi connectivity index (χ3v) is 3.87. The molecule has 2 rings (SSSR count). The van der Waals surface area contributed by atoms with Gasteiger partial charge in [-0.05, 0) is 48.7 Å². The van der Waals surface area contributed by atoms with Gasteiger partial charge in [0.1, 0.15) is 0 Å². The van der Waals surface area contributed by atoms with Crippen molar-refractivity contribution < 1.29 is 9.72 Å². The molecule has 5 nitrogen and oxygen atoms in total. The zero-order valence-corrected chi connectivity index (χ0v) is 13.8. The van der Waals surface area contributed by atoms with Gasteiger partial charge in [-0.1, -0.05) is 22.9 Å². The van der Waals surface area contributed by atoms with E-state index in [1.807, 2.05) is 6.92 Å². The second-order valence-electron chi connectivity index (χ2n) is 4.87. The van der Waals surface area contributed by atoms with Gasteiger partial charge in [0.05, 0.1) is 4.92 Å². The second kappa shape index (κ2) is 6.70. The van der Waals surface area contributed by atoms with Gasteiger partial charge in [0.15, 0.2) is 0 Å². The van der Waals surface area contributed by atoms with Crippen LogP contribution in [0, 0.1) is 17.0 Å². The third kappa shape index (κ3) is 3.51. The lowest BCUT2D eigenvalue weighted by molar-refractivity contribution is -0.384. The van der Waals surface area contributed by atoms with Gasteiger partial charge in [0.25, 0.3) is 11.6 Å². The zero-order chi connectivity index (χ0) is 16.3. The molecule has 0 aliphatic heterocycles. The van der Waals surface area contributed by atoms with E-state index in [9.17, 15) is 14.9 Å². The summed E-state index contributed by atoms with van der Waals surface area (Å²) >= 11 is 3.32. The predicted octanol–water partition coefficient (Wildman–Crippen LogP) is 4.48. The molecule has 0 unspecified atom stereocenters. The predicted molar refractivity (Wildman–Crippen MR) is 89.3 cm³/mol. The van der Waals surface area contributed by atoms with E-state index in [-0.39, 0.29) is 11.6 Å². The maximum atomic E-state index is 12.3. The number of benzene rings is 2. The number of carbonyl (C=O) groups is 1. The summed E-state index contributed by atoms with van der Waals surface area (Å²) in [5, 5.41) is 13.8. The summed E-state index contributed by atoms with van der Waals surface area (Å²) in [6.07, 6.45) is 0.596. The molecule has 0 aliphatic carbocycles. The molecular formula is C16H15BrN2O3. The Morgan fingerprint density at radius 1 is 1.27 bits per heavy atom. The molecule has 0 fully saturated rings. The quantitative estimate of drug-likeness (QED) is 0.643. The number of aryl methyl sites for hydroxylation is 2. The number of nitrogens with one attached hydrogen (secondary N) is 1. The number of nitrogens with zero attached hydrogens (tertiary/aromatic N) is 1. The van der Waals surface area contributed by atoms with Crippen LogP contribution in [0.3, 0.4) is 0 Å². The Morgan fingerprint density at radius 2 is 1.91 bits per heavy atom. The lowest BCUT2D eigenvalue weighted by atomic mass is 10.0. The molecule has 0 radical (unpaired) electrons. The standard InChI is InChI=1S/C16H15BrN2O3/c1-3-11-9-14(19(21)22)8-10(2)15(11)18-16(20)12-4-6-13(17)7-5-12/h4-9H,3H2,1-2H3,(H,18,20). The smallest absolute Gasteiger partial charge is 0.270 e. The topological polar surface area (TPSA) is 72.2 Å². The number of rotatable bonds is 4. The fourth-order valence-corrected chi connectivity index (χ4v) is 2.45. The first-order chi connectivity index (χ1) is 10.4. The van der Waals surface area contributed by atoms with Crippen LogP contribution >= 0.6 is 15.9 Å². The summed E-state index contributed by atoms with van der Waals surface area (Å²) < 4.78 is 0.893. The van der Waals surface area contributed by atoms with Gasteiger partial charge in [-0.25, -0.2) is 0 Å². The molecule has 2 aromatic rings. The minimum atomic E-state index is -0.424. The van der Waals surface area contributed by atoms with Crippen LogP contribution < -0.4 is 5.32 Å². The zero-order valence-electron chi connectivity index (χ0n) is 12.2. The van der Waals surface area contributed by atoms with Crippen LogP contribution in [0.4, 0.5) is 11.4 Å². The number of amides is 1. The highest BCUT2D eigenvalue weighted by Crippen LogP contribution is 2.28. The Labute approximate surface area is 136 Å². The van der Waals surface area contributed by atoms with E-state index in [1.54, 1.807) is 31.2 Å². The number of anilines is 1. The van der Waals surface area contributed by atoms with E-state index in [0.717, 1.165) is 10.0 Å². The van der Waals surface area contributed by atoms with Gasteiger partial charge in [-0.3, -0.25) is 14.9 Å². The molecule has 0 aromatic heterocycles. The van der Waals surface area contributed by atoms with E-state index in [2.05, 4.69) is 21.2 Å². The van der Waals surface area contributed by atoms with Crippen LogP contribution in [0.25, 0.3) is 0 Å². The molecule has 6 heteroatoms. The lowest BCUT2D eigenvalue weighted by Crippen LogP contribution is -2.14. The minimum absolute atomic E-state index is 0.0380. The van der Waals surface area contributed by atoms with Gasteiger partial charge >= 0.3 is 0 Å². The number of hydrogen-bond donors (Lipinski definition) is 1. The molecule has 0 saturated heterocycles. The molecule has 22 heavy (non-hydrogen) atoms. The van der Waals surface area contributed by atoms with E-state index in [1.165, 1.54) is 12.1 Å². The van der Waals surface area contributed by atoms with Crippen LogP contribution in [0.2, 0.25) is 0 Å². The van der Waals surface area contributed by atoms with Gasteiger partial charge in [-0.2, -0.15) is 0 Å². The van der Waals surface area contributed by atoms with Gasteiger partial charge in [0.2, 0.25) is 0 Å². The van der Waals surface area contributed by atoms with E-state index in [4.69, 9.17) is 0 Å². The first kappa shape index (κ1) is 16.2. The van der Waals surface area contributed by atoms with Crippen LogP contribution in [0.15, 0.2) is 40.9 Å². The van der Waals surface area contributed by atoms with Crippen molar-refractivity contribution in [1.82, 2.24) is 0 Å². The van der Waals surface area contributed by atoms with E-state index in [0.29, 0.717) is 23.2 Å². The first-order valence-corrected chi connectivity index (χ1v) is 7.56. The Morgan fingerprint density at radius 3 is 2.45 bits per heavy atom. The van der Waals surface area contributed by atoms with Gasteiger partial charge in [0, 0.05) is 27.9 Å². The normalized spacial score (nSPS) is 10.3. The largest absolute Gasteiger partial charge is 0.321 e. The maximum absolute atomic E-state index is 12.3. The van der Waals surface area contributed by atoms with Crippen LogP contribution in [0.5, 0.6) is 0 Å². The van der Waals surface area contributed by atoms with Crippen molar-refractivity contribution in [3.8, 4) is 0 Å². The van der Waals surface area contributed by atoms with Crippen molar-refractivity contribution in [1.29, 1.82) is 0 Å². The Kier molecular flexibility index (Phi) is 4.92. The van der Waals surface area contributed by atoms with Crippen molar-refractivity contribution in [2.24, 2.45) is 0 Å². The number of nitro benzene ring substituents is 1. The Balaban J connectivity index is 2.34. The summed E-state index contributed by atoms with van der Waals surface area (Å²) in [7, 11) is 0. The first-order valence-electron chi connectivity index (χ1n) is 6.77. The summed E-state index contributed by atoms with van der Waals surface area (Å²) in [6, 6.07) is 9.98. The molecule has 0 atom stereocenters. The van der Waals surface area contributed by atoms with Crippen molar-refractivity contribution in [2.75, 3.05) is 5.32 Å². The summed E-state index contributed by atoms with van der Waals surface area (Å²) in [4.78, 5) is 22.8. The van der Waals surface area contributed by atoms with E-state index < -0.39 is 4.92 Å². The number of hydrogen-bond acceptors (Lipinski definition) is 3. The van der Waals surface area contributed by atoms with Gasteiger partial charge in [-0.15, -0.1) is 0 Å². The Hall–Kier alpha value is -2.21. The molecule has 0 bridgehead atoms. The summed E-state index contributed by atoms with van der Waals surface area (Å²) in [5.41, 5.74) is 2.63. The maximum Gasteiger partial charge on any atom is 0.270 e. The average molecular weight is 363 g/mol. The number of halogens is 1. The Bertz CT molecular complexity index is 727. The SMILES string of the molecule is CCc1cc([N+](=O)[O-])cc(C)c1NC(=O)c1ccc(Br)cc1. The molecule has 0 saturated carbocycles. The molecule has 0 spiro atoms.